The van der Waals surface area contributed by atoms with Gasteiger partial charge in [-0.2, -0.15) is 13.2 Å². The van der Waals surface area contributed by atoms with E-state index in [1.807, 2.05) is 0 Å². The lowest BCUT2D eigenvalue weighted by molar-refractivity contribution is -0.165. The summed E-state index contributed by atoms with van der Waals surface area (Å²) in [7, 11) is 2.53. The molecule has 1 N–H and O–H groups in total. The third-order valence-electron chi connectivity index (χ3n) is 3.76. The van der Waals surface area contributed by atoms with E-state index >= 15 is 0 Å². The smallest absolute Gasteiger partial charge is 0.455 e. The molecule has 2 aromatic carbocycles. The first-order valence-electron chi connectivity index (χ1n) is 8.09. The summed E-state index contributed by atoms with van der Waals surface area (Å²) in [6.45, 7) is 0. The zero-order valence-corrected chi connectivity index (χ0v) is 15.4. The topological polar surface area (TPSA) is 85.2 Å². The van der Waals surface area contributed by atoms with E-state index in [0.29, 0.717) is 12.0 Å². The SMILES string of the molecule is COC(=O)c1ccccc1N=C/C(C(=O)C(F)(F)F)=C(/O)c1ccc(OC)cc1. The highest BCUT2D eigenvalue weighted by atomic mass is 19.4. The Morgan fingerprint density at radius 1 is 1.03 bits per heavy atom. The number of aliphatic hydroxyl groups is 1. The first-order chi connectivity index (χ1) is 13.7. The normalized spacial score (nSPS) is 12.4. The van der Waals surface area contributed by atoms with Crippen LogP contribution in [-0.2, 0) is 9.53 Å². The number of ketones is 1. The van der Waals surface area contributed by atoms with Gasteiger partial charge in [0.1, 0.15) is 11.5 Å². The number of hydrogen-bond donors (Lipinski definition) is 1. The molecular formula is C20H16F3NO5. The molecule has 0 heterocycles. The number of esters is 1. The number of para-hydroxylation sites is 1. The van der Waals surface area contributed by atoms with Crippen LogP contribution in [0.2, 0.25) is 0 Å². The van der Waals surface area contributed by atoms with Gasteiger partial charge in [0.2, 0.25) is 0 Å². The van der Waals surface area contributed by atoms with Gasteiger partial charge in [0.25, 0.3) is 5.78 Å². The maximum Gasteiger partial charge on any atom is 0.455 e. The number of carbonyl (C=O) groups is 2. The Morgan fingerprint density at radius 2 is 1.66 bits per heavy atom. The number of ether oxygens (including phenoxy) is 2. The molecule has 0 spiro atoms. The van der Waals surface area contributed by atoms with Crippen LogP contribution < -0.4 is 4.74 Å². The van der Waals surface area contributed by atoms with Gasteiger partial charge in [0.15, 0.2) is 0 Å². The zero-order valence-electron chi connectivity index (χ0n) is 15.4. The van der Waals surface area contributed by atoms with Crippen molar-refractivity contribution in [1.29, 1.82) is 0 Å². The minimum Gasteiger partial charge on any atom is -0.506 e. The number of methoxy groups -OCH3 is 2. The quantitative estimate of drug-likeness (QED) is 0.334. The Kier molecular flexibility index (Phi) is 6.76. The maximum absolute atomic E-state index is 13.0. The molecule has 0 bridgehead atoms. The molecule has 0 amide bonds. The van der Waals surface area contributed by atoms with Gasteiger partial charge in [0.05, 0.1) is 31.0 Å². The predicted molar refractivity (Wildman–Crippen MR) is 99.5 cm³/mol. The van der Waals surface area contributed by atoms with Crippen LogP contribution in [-0.4, -0.2) is 43.5 Å². The lowest BCUT2D eigenvalue weighted by Crippen LogP contribution is -2.26. The first kappa shape index (κ1) is 21.7. The number of aliphatic imine (C=N–C) groups is 1. The van der Waals surface area contributed by atoms with Gasteiger partial charge < -0.3 is 14.6 Å². The molecule has 152 valence electrons. The van der Waals surface area contributed by atoms with E-state index in [-0.39, 0.29) is 16.8 Å². The molecule has 0 atom stereocenters. The number of nitrogens with zero attached hydrogens (tertiary/aromatic N) is 1. The summed E-state index contributed by atoms with van der Waals surface area (Å²) in [4.78, 5) is 27.4. The maximum atomic E-state index is 13.0. The Hall–Kier alpha value is -3.62. The van der Waals surface area contributed by atoms with Crippen molar-refractivity contribution in [3.05, 3.63) is 65.2 Å². The second-order valence-electron chi connectivity index (χ2n) is 5.58. The van der Waals surface area contributed by atoms with Crippen LogP contribution >= 0.6 is 0 Å². The molecule has 0 fully saturated rings. The summed E-state index contributed by atoms with van der Waals surface area (Å²) in [6, 6.07) is 11.1. The van der Waals surface area contributed by atoms with E-state index in [1.165, 1.54) is 55.6 Å². The van der Waals surface area contributed by atoms with E-state index in [1.54, 1.807) is 0 Å². The van der Waals surface area contributed by atoms with E-state index in [9.17, 15) is 27.9 Å². The van der Waals surface area contributed by atoms with Crippen molar-refractivity contribution < 1.29 is 37.3 Å². The number of benzene rings is 2. The average Bonchev–Trinajstić information content (AvgIpc) is 2.72. The summed E-state index contributed by atoms with van der Waals surface area (Å²) in [5, 5.41) is 10.3. The van der Waals surface area contributed by atoms with Crippen LogP contribution in [0.5, 0.6) is 5.75 Å². The van der Waals surface area contributed by atoms with Crippen molar-refractivity contribution in [2.45, 2.75) is 6.18 Å². The van der Waals surface area contributed by atoms with Crippen molar-refractivity contribution >= 4 is 29.4 Å². The number of rotatable bonds is 6. The minimum atomic E-state index is -5.25. The van der Waals surface area contributed by atoms with Crippen LogP contribution in [0.1, 0.15) is 15.9 Å². The number of aliphatic hydroxyl groups excluding tert-OH is 1. The number of alkyl halides is 3. The Labute approximate surface area is 163 Å². The fourth-order valence-corrected chi connectivity index (χ4v) is 2.29. The molecule has 0 radical (unpaired) electrons. The van der Waals surface area contributed by atoms with Crippen molar-refractivity contribution in [3.8, 4) is 5.75 Å². The number of hydrogen-bond acceptors (Lipinski definition) is 6. The van der Waals surface area contributed by atoms with Gasteiger partial charge in [-0.3, -0.25) is 9.79 Å². The second kappa shape index (κ2) is 9.05. The van der Waals surface area contributed by atoms with Crippen LogP contribution in [0.3, 0.4) is 0 Å². The molecule has 6 nitrogen and oxygen atoms in total. The summed E-state index contributed by atoms with van der Waals surface area (Å²) in [6.07, 6.45) is -4.68. The first-order valence-corrected chi connectivity index (χ1v) is 8.09. The van der Waals surface area contributed by atoms with Gasteiger partial charge >= 0.3 is 12.1 Å². The van der Waals surface area contributed by atoms with Crippen LogP contribution in [0.15, 0.2) is 59.1 Å². The zero-order chi connectivity index (χ0) is 21.6. The van der Waals surface area contributed by atoms with Crippen molar-refractivity contribution in [2.24, 2.45) is 4.99 Å². The van der Waals surface area contributed by atoms with Crippen molar-refractivity contribution in [3.63, 3.8) is 0 Å². The van der Waals surface area contributed by atoms with E-state index in [2.05, 4.69) is 9.73 Å². The Morgan fingerprint density at radius 3 is 2.21 bits per heavy atom. The van der Waals surface area contributed by atoms with Gasteiger partial charge in [-0.25, -0.2) is 4.79 Å². The largest absolute Gasteiger partial charge is 0.506 e. The summed E-state index contributed by atoms with van der Waals surface area (Å²) < 4.78 is 48.6. The van der Waals surface area contributed by atoms with Gasteiger partial charge in [-0.1, -0.05) is 12.1 Å². The molecule has 0 saturated carbocycles. The molecule has 0 aromatic heterocycles. The summed E-state index contributed by atoms with van der Waals surface area (Å²) >= 11 is 0. The third kappa shape index (κ3) is 5.22. The second-order valence-corrected chi connectivity index (χ2v) is 5.58. The van der Waals surface area contributed by atoms with Crippen LogP contribution in [0.4, 0.5) is 18.9 Å². The monoisotopic (exact) mass is 407 g/mol. The van der Waals surface area contributed by atoms with Gasteiger partial charge in [-0.15, -0.1) is 0 Å². The third-order valence-corrected chi connectivity index (χ3v) is 3.76. The minimum absolute atomic E-state index is 0.0194. The standard InChI is InChI=1S/C20H16F3NO5/c1-28-13-9-7-12(8-10-13)17(25)15(18(26)20(21,22)23)11-24-16-6-4-3-5-14(16)19(27)29-2/h3-11,25H,1-2H3/b17-15-,24-11?. The predicted octanol–water partition coefficient (Wildman–Crippen LogP) is 4.28. The molecule has 29 heavy (non-hydrogen) atoms. The fourth-order valence-electron chi connectivity index (χ4n) is 2.29. The highest BCUT2D eigenvalue weighted by Gasteiger charge is 2.41. The number of carbonyl (C=O) groups excluding carboxylic acids is 2. The number of Topliss-reactive ketones (excluding diaryl/α,β-unsaturated/α-hetero) is 1. The molecule has 9 heteroatoms. The van der Waals surface area contributed by atoms with E-state index in [0.717, 1.165) is 7.11 Å². The van der Waals surface area contributed by atoms with Crippen molar-refractivity contribution in [1.82, 2.24) is 0 Å². The molecule has 2 aromatic rings. The highest BCUT2D eigenvalue weighted by Crippen LogP contribution is 2.27. The molecule has 0 aliphatic heterocycles. The lowest BCUT2D eigenvalue weighted by atomic mass is 10.0. The fraction of sp³-hybridized carbons (Fsp3) is 0.150. The molecule has 0 saturated heterocycles. The molecule has 0 aliphatic carbocycles. The van der Waals surface area contributed by atoms with Crippen LogP contribution in [0, 0.1) is 0 Å². The van der Waals surface area contributed by atoms with Gasteiger partial charge in [-0.05, 0) is 36.4 Å². The number of allylic oxidation sites excluding steroid dienone is 1. The van der Waals surface area contributed by atoms with Gasteiger partial charge in [0, 0.05) is 11.8 Å². The highest BCUT2D eigenvalue weighted by molar-refractivity contribution is 6.20. The van der Waals surface area contributed by atoms with E-state index < -0.39 is 29.3 Å². The lowest BCUT2D eigenvalue weighted by Gasteiger charge is -2.10. The summed E-state index contributed by atoms with van der Waals surface area (Å²) in [5.74, 6) is -3.56. The summed E-state index contributed by atoms with van der Waals surface area (Å²) in [5.41, 5.74) is -1.18. The molecular weight excluding hydrogens is 391 g/mol. The Bertz CT molecular complexity index is 963. The molecule has 2 rings (SSSR count). The van der Waals surface area contributed by atoms with Crippen molar-refractivity contribution in [2.75, 3.05) is 14.2 Å². The van der Waals surface area contributed by atoms with E-state index in [4.69, 9.17) is 4.74 Å². The molecule has 0 unspecified atom stereocenters. The molecule has 0 aliphatic rings. The average molecular weight is 407 g/mol. The number of halogens is 3. The Balaban J connectivity index is 2.56. The van der Waals surface area contributed by atoms with Crippen LogP contribution in [0.25, 0.3) is 5.76 Å².